The summed E-state index contributed by atoms with van der Waals surface area (Å²) in [5.41, 5.74) is 0.596. The zero-order chi connectivity index (χ0) is 17.9. The molecule has 26 heavy (non-hydrogen) atoms. The first-order chi connectivity index (χ1) is 12.7. The fourth-order valence-corrected chi connectivity index (χ4v) is 3.07. The van der Waals surface area contributed by atoms with E-state index in [1.165, 1.54) is 0 Å². The Bertz CT molecular complexity index is 945. The molecular weight excluding hydrogens is 336 g/mol. The summed E-state index contributed by atoms with van der Waals surface area (Å²) in [4.78, 5) is 25.5. The predicted molar refractivity (Wildman–Crippen MR) is 94.0 cm³/mol. The third-order valence-corrected chi connectivity index (χ3v) is 4.40. The molecule has 0 bridgehead atoms. The maximum Gasteiger partial charge on any atom is 0.259 e. The maximum atomic E-state index is 12.3. The lowest BCUT2D eigenvalue weighted by molar-refractivity contribution is 0.174. The summed E-state index contributed by atoms with van der Waals surface area (Å²) in [5.74, 6) is 1.87. The molecule has 0 aromatic carbocycles. The van der Waals surface area contributed by atoms with Gasteiger partial charge in [0.25, 0.3) is 5.56 Å². The second-order valence-electron chi connectivity index (χ2n) is 6.18. The van der Waals surface area contributed by atoms with Crippen molar-refractivity contribution in [3.8, 4) is 0 Å². The Kier molecular flexibility index (Phi) is 4.63. The lowest BCUT2D eigenvalue weighted by atomic mass is 10.3. The SMILES string of the molecule is COCc1noc(CN2CCN(c3cc(=O)n4ccccc4n3)CC2)n1. The summed E-state index contributed by atoms with van der Waals surface area (Å²) < 4.78 is 11.8. The molecule has 9 nitrogen and oxygen atoms in total. The van der Waals surface area contributed by atoms with Gasteiger partial charge in [-0.2, -0.15) is 4.98 Å². The first kappa shape index (κ1) is 16.7. The second-order valence-corrected chi connectivity index (χ2v) is 6.18. The Morgan fingerprint density at radius 2 is 2.04 bits per heavy atom. The average molecular weight is 356 g/mol. The molecule has 0 saturated carbocycles. The van der Waals surface area contributed by atoms with E-state index in [9.17, 15) is 4.79 Å². The van der Waals surface area contributed by atoms with E-state index < -0.39 is 0 Å². The number of methoxy groups -OCH3 is 1. The number of hydrogen-bond donors (Lipinski definition) is 0. The van der Waals surface area contributed by atoms with Gasteiger partial charge in [-0.25, -0.2) is 4.98 Å². The third kappa shape index (κ3) is 3.44. The van der Waals surface area contributed by atoms with Crippen molar-refractivity contribution < 1.29 is 9.26 Å². The van der Waals surface area contributed by atoms with Crippen LogP contribution in [-0.2, 0) is 17.9 Å². The summed E-state index contributed by atoms with van der Waals surface area (Å²) >= 11 is 0. The van der Waals surface area contributed by atoms with Crippen molar-refractivity contribution >= 4 is 11.5 Å². The van der Waals surface area contributed by atoms with Crippen LogP contribution in [0.15, 0.2) is 39.8 Å². The summed E-state index contributed by atoms with van der Waals surface area (Å²) in [7, 11) is 1.60. The van der Waals surface area contributed by atoms with E-state index in [1.807, 2.05) is 18.2 Å². The lowest BCUT2D eigenvalue weighted by Crippen LogP contribution is -2.46. The van der Waals surface area contributed by atoms with Gasteiger partial charge >= 0.3 is 0 Å². The molecule has 0 N–H and O–H groups in total. The van der Waals surface area contributed by atoms with Gasteiger partial charge in [0, 0.05) is 45.6 Å². The molecule has 1 saturated heterocycles. The minimum atomic E-state index is -0.0652. The zero-order valence-corrected chi connectivity index (χ0v) is 14.5. The highest BCUT2D eigenvalue weighted by molar-refractivity contribution is 5.48. The molecule has 0 atom stereocenters. The highest BCUT2D eigenvalue weighted by atomic mass is 16.5. The number of hydrogen-bond acceptors (Lipinski definition) is 8. The van der Waals surface area contributed by atoms with E-state index >= 15 is 0 Å². The first-order valence-electron chi connectivity index (χ1n) is 8.49. The molecule has 0 spiro atoms. The Balaban J connectivity index is 1.41. The van der Waals surface area contributed by atoms with Crippen molar-refractivity contribution in [1.29, 1.82) is 0 Å². The molecule has 136 valence electrons. The molecule has 1 aliphatic heterocycles. The molecule has 0 aliphatic carbocycles. The number of aromatic nitrogens is 4. The van der Waals surface area contributed by atoms with Gasteiger partial charge in [-0.15, -0.1) is 0 Å². The van der Waals surface area contributed by atoms with Crippen molar-refractivity contribution in [3.63, 3.8) is 0 Å². The largest absolute Gasteiger partial charge is 0.377 e. The monoisotopic (exact) mass is 356 g/mol. The van der Waals surface area contributed by atoms with Gasteiger partial charge < -0.3 is 14.2 Å². The molecule has 0 amide bonds. The van der Waals surface area contributed by atoms with Gasteiger partial charge in [-0.1, -0.05) is 11.2 Å². The van der Waals surface area contributed by atoms with Crippen LogP contribution in [0, 0.1) is 0 Å². The zero-order valence-electron chi connectivity index (χ0n) is 14.5. The molecule has 3 aromatic rings. The molecule has 3 aromatic heterocycles. The highest BCUT2D eigenvalue weighted by Crippen LogP contribution is 2.14. The third-order valence-electron chi connectivity index (χ3n) is 4.40. The fourth-order valence-electron chi connectivity index (χ4n) is 3.07. The standard InChI is InChI=1S/C17H20N6O3/c1-25-12-13-18-16(26-20-13)11-21-6-8-22(9-7-21)15-10-17(24)23-5-3-2-4-14(23)19-15/h2-5,10H,6-9,11-12H2,1H3. The maximum absolute atomic E-state index is 12.3. The molecular formula is C17H20N6O3. The van der Waals surface area contributed by atoms with E-state index in [-0.39, 0.29) is 5.56 Å². The van der Waals surface area contributed by atoms with Crippen LogP contribution in [0.3, 0.4) is 0 Å². The van der Waals surface area contributed by atoms with Gasteiger partial charge in [0.15, 0.2) is 5.82 Å². The van der Waals surface area contributed by atoms with Crippen molar-refractivity contribution in [1.82, 2.24) is 24.4 Å². The summed E-state index contributed by atoms with van der Waals surface area (Å²) in [5, 5.41) is 3.88. The van der Waals surface area contributed by atoms with Gasteiger partial charge in [0.2, 0.25) is 5.89 Å². The number of pyridine rings is 1. The number of nitrogens with zero attached hydrogens (tertiary/aromatic N) is 6. The summed E-state index contributed by atoms with van der Waals surface area (Å²) in [6.45, 7) is 4.19. The Labute approximate surface area is 149 Å². The van der Waals surface area contributed by atoms with Crippen LogP contribution in [-0.4, -0.2) is 57.7 Å². The van der Waals surface area contributed by atoms with Crippen LogP contribution in [0.5, 0.6) is 0 Å². The van der Waals surface area contributed by atoms with E-state index in [0.29, 0.717) is 30.5 Å². The molecule has 0 unspecified atom stereocenters. The first-order valence-corrected chi connectivity index (χ1v) is 8.49. The van der Waals surface area contributed by atoms with Crippen molar-refractivity contribution in [3.05, 3.63) is 52.5 Å². The van der Waals surface area contributed by atoms with Crippen LogP contribution >= 0.6 is 0 Å². The smallest absolute Gasteiger partial charge is 0.259 e. The molecule has 9 heteroatoms. The topological polar surface area (TPSA) is 89.0 Å². The quantitative estimate of drug-likeness (QED) is 0.655. The number of piperazine rings is 1. The number of anilines is 1. The van der Waals surface area contributed by atoms with Crippen LogP contribution in [0.25, 0.3) is 5.65 Å². The van der Waals surface area contributed by atoms with Gasteiger partial charge in [-0.3, -0.25) is 14.1 Å². The van der Waals surface area contributed by atoms with Crippen LogP contribution in [0.4, 0.5) is 5.82 Å². The molecule has 0 radical (unpaired) electrons. The van der Waals surface area contributed by atoms with Crippen LogP contribution < -0.4 is 10.5 Å². The van der Waals surface area contributed by atoms with E-state index in [2.05, 4.69) is 24.9 Å². The summed E-state index contributed by atoms with van der Waals surface area (Å²) in [6.07, 6.45) is 1.73. The summed E-state index contributed by atoms with van der Waals surface area (Å²) in [6, 6.07) is 7.14. The Morgan fingerprint density at radius 3 is 2.85 bits per heavy atom. The lowest BCUT2D eigenvalue weighted by Gasteiger charge is -2.34. The van der Waals surface area contributed by atoms with Gasteiger partial charge in [0.05, 0.1) is 6.54 Å². The number of fused-ring (bicyclic) bond motifs is 1. The van der Waals surface area contributed by atoms with Gasteiger partial charge in [-0.05, 0) is 12.1 Å². The highest BCUT2D eigenvalue weighted by Gasteiger charge is 2.21. The number of rotatable bonds is 5. The van der Waals surface area contributed by atoms with Crippen LogP contribution in [0.2, 0.25) is 0 Å². The number of ether oxygens (including phenoxy) is 1. The molecule has 4 rings (SSSR count). The second kappa shape index (κ2) is 7.22. The van der Waals surface area contributed by atoms with E-state index in [1.54, 1.807) is 23.8 Å². The van der Waals surface area contributed by atoms with E-state index in [0.717, 1.165) is 32.0 Å². The Hall–Kier alpha value is -2.78. The minimum Gasteiger partial charge on any atom is -0.377 e. The van der Waals surface area contributed by atoms with Crippen LogP contribution in [0.1, 0.15) is 11.7 Å². The van der Waals surface area contributed by atoms with Crippen molar-refractivity contribution in [2.75, 3.05) is 38.2 Å². The van der Waals surface area contributed by atoms with E-state index in [4.69, 9.17) is 9.26 Å². The Morgan fingerprint density at radius 1 is 1.19 bits per heavy atom. The fraction of sp³-hybridized carbons (Fsp3) is 0.412. The predicted octanol–water partition coefficient (Wildman–Crippen LogP) is 0.546. The van der Waals surface area contributed by atoms with Crippen molar-refractivity contribution in [2.45, 2.75) is 13.2 Å². The normalized spacial score (nSPS) is 15.7. The molecule has 4 heterocycles. The molecule has 1 aliphatic rings. The average Bonchev–Trinajstić information content (AvgIpc) is 3.10. The van der Waals surface area contributed by atoms with Gasteiger partial charge in [0.1, 0.15) is 18.1 Å². The van der Waals surface area contributed by atoms with Crippen molar-refractivity contribution in [2.24, 2.45) is 0 Å². The molecule has 1 fully saturated rings. The minimum absolute atomic E-state index is 0.0652.